The zero-order valence-electron chi connectivity index (χ0n) is 8.44. The fourth-order valence-electron chi connectivity index (χ4n) is 1.64. The number of fused-ring (bicyclic) bond motifs is 1. The number of hydrogen-bond acceptors (Lipinski definition) is 2. The van der Waals surface area contributed by atoms with Crippen LogP contribution in [0.5, 0.6) is 0 Å². The molecule has 0 aliphatic carbocycles. The molecule has 0 atom stereocenters. The molecule has 0 spiro atoms. The topological polar surface area (TPSA) is 40.6 Å². The summed E-state index contributed by atoms with van der Waals surface area (Å²) >= 11 is 3.37. The van der Waals surface area contributed by atoms with Crippen molar-refractivity contribution in [2.75, 3.05) is 18.4 Å². The smallest absolute Gasteiger partial charge is 0.260 e. The molecule has 1 aromatic carbocycles. The van der Waals surface area contributed by atoms with Gasteiger partial charge in [-0.25, -0.2) is 0 Å². The number of rotatable bonds is 0. The van der Waals surface area contributed by atoms with Crippen LogP contribution in [0, 0.1) is 0 Å². The van der Waals surface area contributed by atoms with Gasteiger partial charge in [-0.3, -0.25) is 4.31 Å². The first-order valence-corrected chi connectivity index (χ1v) is 6.60. The number of nitrogens with zero attached hydrogens (tertiary/aromatic N) is 2. The predicted octanol–water partition coefficient (Wildman–Crippen LogP) is 1.58. The second kappa shape index (κ2) is 3.47. The fraction of sp³-hybridized carbons (Fsp3) is 0.333. The highest BCUT2D eigenvalue weighted by molar-refractivity contribution is 9.10. The van der Waals surface area contributed by atoms with Crippen LogP contribution in [0.2, 0.25) is 0 Å². The van der Waals surface area contributed by atoms with E-state index in [1.807, 2.05) is 18.2 Å². The summed E-state index contributed by atoms with van der Waals surface area (Å²) < 4.78 is 27.2. The van der Waals surface area contributed by atoms with Gasteiger partial charge in [-0.05, 0) is 23.8 Å². The summed E-state index contributed by atoms with van der Waals surface area (Å²) in [6.07, 6.45) is 0. The molecule has 1 aliphatic heterocycles. The molecular weight excluding hydrogens is 280 g/mol. The third-order valence-corrected chi connectivity index (χ3v) is 4.81. The van der Waals surface area contributed by atoms with E-state index >= 15 is 0 Å². The highest BCUT2D eigenvalue weighted by Crippen LogP contribution is 2.31. The van der Waals surface area contributed by atoms with Crippen LogP contribution in [0.15, 0.2) is 22.7 Å². The molecule has 0 amide bonds. The second-order valence-corrected chi connectivity index (χ2v) is 6.49. The lowest BCUT2D eigenvalue weighted by molar-refractivity contribution is 0.457. The first kappa shape index (κ1) is 10.9. The van der Waals surface area contributed by atoms with Gasteiger partial charge >= 0.3 is 10.2 Å². The Morgan fingerprint density at radius 1 is 1.33 bits per heavy atom. The lowest BCUT2D eigenvalue weighted by atomic mass is 10.2. The van der Waals surface area contributed by atoms with Crippen molar-refractivity contribution in [2.24, 2.45) is 0 Å². The van der Waals surface area contributed by atoms with Crippen LogP contribution in [0.4, 0.5) is 5.69 Å². The zero-order chi connectivity index (χ0) is 11.2. The minimum absolute atomic E-state index is 0.418. The Morgan fingerprint density at radius 3 is 2.67 bits per heavy atom. The summed E-state index contributed by atoms with van der Waals surface area (Å²) in [4.78, 5) is 0. The van der Waals surface area contributed by atoms with Crippen molar-refractivity contribution in [1.82, 2.24) is 4.31 Å². The van der Waals surface area contributed by atoms with E-state index in [2.05, 4.69) is 15.9 Å². The van der Waals surface area contributed by atoms with E-state index < -0.39 is 10.2 Å². The average molecular weight is 291 g/mol. The van der Waals surface area contributed by atoms with Gasteiger partial charge in [0.1, 0.15) is 0 Å². The van der Waals surface area contributed by atoms with Gasteiger partial charge < -0.3 is 0 Å². The van der Waals surface area contributed by atoms with E-state index in [9.17, 15) is 8.42 Å². The van der Waals surface area contributed by atoms with E-state index in [1.54, 1.807) is 14.1 Å². The molecule has 1 aliphatic rings. The maximum atomic E-state index is 11.8. The Balaban J connectivity index is 2.61. The predicted molar refractivity (Wildman–Crippen MR) is 62.9 cm³/mol. The highest BCUT2D eigenvalue weighted by Gasteiger charge is 2.31. The normalized spacial score (nSPS) is 20.1. The van der Waals surface area contributed by atoms with E-state index in [4.69, 9.17) is 0 Å². The molecule has 6 heteroatoms. The third-order valence-electron chi connectivity index (χ3n) is 2.51. The summed E-state index contributed by atoms with van der Waals surface area (Å²) in [5.74, 6) is 0. The fourth-order valence-corrected chi connectivity index (χ4v) is 3.20. The van der Waals surface area contributed by atoms with Crippen LogP contribution in [-0.4, -0.2) is 26.8 Å². The minimum Gasteiger partial charge on any atom is -0.260 e. The van der Waals surface area contributed by atoms with Crippen LogP contribution in [0.1, 0.15) is 5.56 Å². The molecule has 0 unspecified atom stereocenters. The van der Waals surface area contributed by atoms with Gasteiger partial charge in [0.25, 0.3) is 0 Å². The van der Waals surface area contributed by atoms with E-state index in [0.717, 1.165) is 15.7 Å². The first-order valence-electron chi connectivity index (χ1n) is 4.41. The number of benzene rings is 1. The first-order chi connectivity index (χ1) is 6.93. The largest absolute Gasteiger partial charge is 0.303 e. The quantitative estimate of drug-likeness (QED) is 0.728. The maximum absolute atomic E-state index is 11.8. The van der Waals surface area contributed by atoms with Crippen molar-refractivity contribution in [3.05, 3.63) is 28.2 Å². The van der Waals surface area contributed by atoms with Gasteiger partial charge in [0.2, 0.25) is 0 Å². The Kier molecular flexibility index (Phi) is 2.52. The molecule has 0 saturated carbocycles. The lowest BCUT2D eigenvalue weighted by Gasteiger charge is -2.33. The monoisotopic (exact) mass is 290 g/mol. The van der Waals surface area contributed by atoms with Crippen molar-refractivity contribution in [2.45, 2.75) is 6.54 Å². The SMILES string of the molecule is CN1Cc2cc(Br)ccc2N(C)S1(=O)=O. The number of anilines is 1. The van der Waals surface area contributed by atoms with Crippen LogP contribution in [0.25, 0.3) is 0 Å². The molecule has 0 aromatic heterocycles. The van der Waals surface area contributed by atoms with Crippen molar-refractivity contribution in [3.63, 3.8) is 0 Å². The van der Waals surface area contributed by atoms with Gasteiger partial charge in [0.05, 0.1) is 5.69 Å². The summed E-state index contributed by atoms with van der Waals surface area (Å²) in [5, 5.41) is 0. The Hall–Kier alpha value is -0.590. The zero-order valence-corrected chi connectivity index (χ0v) is 10.8. The molecule has 0 fully saturated rings. The molecule has 82 valence electrons. The van der Waals surface area contributed by atoms with Gasteiger partial charge in [-0.15, -0.1) is 0 Å². The maximum Gasteiger partial charge on any atom is 0.303 e. The van der Waals surface area contributed by atoms with E-state index in [0.29, 0.717) is 6.54 Å². The average Bonchev–Trinajstić information content (AvgIpc) is 2.15. The minimum atomic E-state index is -3.32. The van der Waals surface area contributed by atoms with E-state index in [-0.39, 0.29) is 0 Å². The van der Waals surface area contributed by atoms with E-state index in [1.165, 1.54) is 8.61 Å². The standard InChI is InChI=1S/C9H11BrN2O2S/c1-11-6-7-5-8(10)3-4-9(7)12(2)15(11,13)14/h3-5H,6H2,1-2H3. The Labute approximate surface area is 97.8 Å². The van der Waals surface area contributed by atoms with Gasteiger partial charge in [-0.1, -0.05) is 15.9 Å². The van der Waals surface area contributed by atoms with Crippen LogP contribution in [0.3, 0.4) is 0 Å². The Bertz CT molecular complexity index is 501. The van der Waals surface area contributed by atoms with Gasteiger partial charge in [0, 0.05) is 25.1 Å². The molecule has 1 heterocycles. The summed E-state index contributed by atoms with van der Waals surface area (Å²) in [5.41, 5.74) is 1.75. The number of hydrogen-bond donors (Lipinski definition) is 0. The molecule has 1 aromatic rings. The summed E-state index contributed by atoms with van der Waals surface area (Å²) in [6.45, 7) is 0.418. The molecule has 0 saturated heterocycles. The van der Waals surface area contributed by atoms with Crippen molar-refractivity contribution < 1.29 is 8.42 Å². The third kappa shape index (κ3) is 1.66. The molecule has 0 bridgehead atoms. The summed E-state index contributed by atoms with van der Waals surface area (Å²) in [6, 6.07) is 5.59. The lowest BCUT2D eigenvalue weighted by Crippen LogP contribution is -2.43. The van der Waals surface area contributed by atoms with Crippen LogP contribution < -0.4 is 4.31 Å². The Morgan fingerprint density at radius 2 is 2.00 bits per heavy atom. The van der Waals surface area contributed by atoms with Gasteiger partial charge in [-0.2, -0.15) is 12.7 Å². The van der Waals surface area contributed by atoms with Gasteiger partial charge in [0.15, 0.2) is 0 Å². The van der Waals surface area contributed by atoms with Crippen molar-refractivity contribution in [1.29, 1.82) is 0 Å². The second-order valence-electron chi connectivity index (χ2n) is 3.50. The van der Waals surface area contributed by atoms with Crippen molar-refractivity contribution in [3.8, 4) is 0 Å². The molecular formula is C9H11BrN2O2S. The molecule has 15 heavy (non-hydrogen) atoms. The molecule has 0 N–H and O–H groups in total. The summed E-state index contributed by atoms with van der Waals surface area (Å²) in [7, 11) is -0.169. The number of halogens is 1. The molecule has 4 nitrogen and oxygen atoms in total. The molecule has 0 radical (unpaired) electrons. The van der Waals surface area contributed by atoms with Crippen LogP contribution in [-0.2, 0) is 16.8 Å². The highest BCUT2D eigenvalue weighted by atomic mass is 79.9. The van der Waals surface area contributed by atoms with Crippen molar-refractivity contribution >= 4 is 31.8 Å². The van der Waals surface area contributed by atoms with Crippen LogP contribution >= 0.6 is 15.9 Å². The molecule has 2 rings (SSSR count).